The van der Waals surface area contributed by atoms with Gasteiger partial charge < -0.3 is 4.43 Å². The lowest BCUT2D eigenvalue weighted by molar-refractivity contribution is 0.209. The van der Waals surface area contributed by atoms with Crippen LogP contribution in [-0.4, -0.2) is 14.9 Å². The van der Waals surface area contributed by atoms with Crippen molar-refractivity contribution in [3.8, 4) is 0 Å². The van der Waals surface area contributed by atoms with Crippen molar-refractivity contribution in [3.05, 3.63) is 12.2 Å². The molecule has 2 atom stereocenters. The van der Waals surface area contributed by atoms with Gasteiger partial charge in [0.25, 0.3) is 0 Å². The van der Waals surface area contributed by atoms with Gasteiger partial charge in [0.05, 0.1) is 0 Å². The molecule has 0 saturated heterocycles. The molecule has 2 aliphatic carbocycles. The Morgan fingerprint density at radius 2 is 1.89 bits per heavy atom. The van der Waals surface area contributed by atoms with Gasteiger partial charge in [-0.05, 0) is 42.3 Å². The molecule has 0 aromatic rings. The van der Waals surface area contributed by atoms with Gasteiger partial charge in [-0.1, -0.05) is 46.8 Å². The normalized spacial score (nSPS) is 34.6. The minimum atomic E-state index is -1.63. The smallest absolute Gasteiger partial charge is 0.192 e. The van der Waals surface area contributed by atoms with E-state index in [4.69, 9.17) is 4.43 Å². The van der Waals surface area contributed by atoms with Crippen molar-refractivity contribution < 1.29 is 4.43 Å². The topological polar surface area (TPSA) is 9.23 Å². The largest absolute Gasteiger partial charge is 0.416 e. The molecular weight excluding hydrogens is 236 g/mol. The zero-order valence-corrected chi connectivity index (χ0v) is 14.3. The summed E-state index contributed by atoms with van der Waals surface area (Å²) in [6.45, 7) is 21.7. The molecule has 0 spiro atoms. The minimum Gasteiger partial charge on any atom is -0.416 e. The van der Waals surface area contributed by atoms with Gasteiger partial charge in [0.2, 0.25) is 0 Å². The molecule has 0 aromatic carbocycles. The van der Waals surface area contributed by atoms with Crippen LogP contribution < -0.4 is 0 Å². The van der Waals surface area contributed by atoms with E-state index in [9.17, 15) is 0 Å². The molecule has 2 saturated carbocycles. The summed E-state index contributed by atoms with van der Waals surface area (Å²) >= 11 is 0. The van der Waals surface area contributed by atoms with E-state index in [0.717, 1.165) is 12.5 Å². The van der Waals surface area contributed by atoms with E-state index in [-0.39, 0.29) is 0 Å². The van der Waals surface area contributed by atoms with Crippen LogP contribution in [-0.2, 0) is 4.43 Å². The third-order valence-corrected chi connectivity index (χ3v) is 10.8. The van der Waals surface area contributed by atoms with Gasteiger partial charge in [-0.15, -0.1) is 0 Å². The van der Waals surface area contributed by atoms with Gasteiger partial charge >= 0.3 is 0 Å². The molecule has 0 aliphatic heterocycles. The summed E-state index contributed by atoms with van der Waals surface area (Å²) in [6.07, 6.45) is 2.54. The SMILES string of the molecule is C=C1CCC2C(C)(C)C12CO[Si](C)(C)C(C)(C)C. The van der Waals surface area contributed by atoms with Gasteiger partial charge in [-0.3, -0.25) is 0 Å². The summed E-state index contributed by atoms with van der Waals surface area (Å²) in [7, 11) is -1.63. The van der Waals surface area contributed by atoms with E-state index in [1.165, 1.54) is 18.4 Å². The molecule has 104 valence electrons. The minimum absolute atomic E-state index is 0.304. The zero-order valence-electron chi connectivity index (χ0n) is 13.3. The van der Waals surface area contributed by atoms with Crippen molar-refractivity contribution in [1.29, 1.82) is 0 Å². The van der Waals surface area contributed by atoms with Crippen LogP contribution in [0.25, 0.3) is 0 Å². The van der Waals surface area contributed by atoms with E-state index >= 15 is 0 Å². The molecule has 2 heteroatoms. The van der Waals surface area contributed by atoms with Crippen LogP contribution in [0.3, 0.4) is 0 Å². The molecule has 0 N–H and O–H groups in total. The van der Waals surface area contributed by atoms with Crippen LogP contribution in [0.5, 0.6) is 0 Å². The average Bonchev–Trinajstić information content (AvgIpc) is 2.48. The van der Waals surface area contributed by atoms with E-state index < -0.39 is 8.32 Å². The van der Waals surface area contributed by atoms with Crippen LogP contribution in [0.1, 0.15) is 47.5 Å². The van der Waals surface area contributed by atoms with Crippen LogP contribution in [0, 0.1) is 16.7 Å². The van der Waals surface area contributed by atoms with Crippen LogP contribution in [0.4, 0.5) is 0 Å². The lowest BCUT2D eigenvalue weighted by atomic mass is 9.88. The highest BCUT2D eigenvalue weighted by Gasteiger charge is 2.74. The third kappa shape index (κ3) is 1.68. The maximum Gasteiger partial charge on any atom is 0.192 e. The van der Waals surface area contributed by atoms with Crippen LogP contribution >= 0.6 is 0 Å². The summed E-state index contributed by atoms with van der Waals surface area (Å²) in [6, 6.07) is 0. The Kier molecular flexibility index (Phi) is 2.97. The highest BCUT2D eigenvalue weighted by atomic mass is 28.4. The fourth-order valence-corrected chi connectivity index (χ4v) is 4.74. The van der Waals surface area contributed by atoms with E-state index in [1.54, 1.807) is 0 Å². The second-order valence-electron chi connectivity index (χ2n) is 8.44. The van der Waals surface area contributed by atoms with Crippen molar-refractivity contribution in [1.82, 2.24) is 0 Å². The Morgan fingerprint density at radius 1 is 1.33 bits per heavy atom. The maximum absolute atomic E-state index is 6.51. The Hall–Kier alpha value is -0.0831. The van der Waals surface area contributed by atoms with Crippen LogP contribution in [0.2, 0.25) is 18.1 Å². The van der Waals surface area contributed by atoms with Gasteiger partial charge in [-0.25, -0.2) is 0 Å². The van der Waals surface area contributed by atoms with Crippen molar-refractivity contribution in [2.24, 2.45) is 16.7 Å². The number of hydrogen-bond acceptors (Lipinski definition) is 1. The van der Waals surface area contributed by atoms with Gasteiger partial charge in [-0.2, -0.15) is 0 Å². The molecule has 2 fully saturated rings. The summed E-state index contributed by atoms with van der Waals surface area (Å²) in [5, 5.41) is 0.304. The number of hydrogen-bond donors (Lipinski definition) is 0. The predicted octanol–water partition coefficient (Wildman–Crippen LogP) is 5.00. The van der Waals surface area contributed by atoms with Gasteiger partial charge in [0, 0.05) is 12.0 Å². The Bertz CT molecular complexity index is 375. The molecule has 2 aliphatic rings. The number of fused-ring (bicyclic) bond motifs is 1. The monoisotopic (exact) mass is 266 g/mol. The summed E-state index contributed by atoms with van der Waals surface area (Å²) in [5.74, 6) is 0.822. The van der Waals surface area contributed by atoms with Gasteiger partial charge in [0.15, 0.2) is 8.32 Å². The molecule has 0 radical (unpaired) electrons. The highest BCUT2D eigenvalue weighted by molar-refractivity contribution is 6.74. The van der Waals surface area contributed by atoms with Crippen molar-refractivity contribution in [2.75, 3.05) is 6.61 Å². The fraction of sp³-hybridized carbons (Fsp3) is 0.875. The number of rotatable bonds is 3. The highest BCUT2D eigenvalue weighted by Crippen LogP contribution is 2.78. The summed E-state index contributed by atoms with van der Waals surface area (Å²) < 4.78 is 6.51. The first kappa shape index (κ1) is 14.3. The van der Waals surface area contributed by atoms with E-state index in [2.05, 4.69) is 54.3 Å². The Balaban J connectivity index is 2.10. The summed E-state index contributed by atoms with van der Waals surface area (Å²) in [5.41, 5.74) is 2.18. The second kappa shape index (κ2) is 3.73. The lowest BCUT2D eigenvalue weighted by Gasteiger charge is -2.38. The quantitative estimate of drug-likeness (QED) is 0.516. The van der Waals surface area contributed by atoms with E-state index in [1.807, 2.05) is 0 Å². The molecular formula is C16H30OSi. The Morgan fingerprint density at radius 3 is 2.28 bits per heavy atom. The average molecular weight is 267 g/mol. The Labute approximate surface area is 114 Å². The first-order valence-corrected chi connectivity index (χ1v) is 10.2. The van der Waals surface area contributed by atoms with Crippen molar-refractivity contribution >= 4 is 8.32 Å². The van der Waals surface area contributed by atoms with Crippen molar-refractivity contribution in [2.45, 2.75) is 65.6 Å². The molecule has 18 heavy (non-hydrogen) atoms. The zero-order chi connectivity index (χ0) is 14.0. The predicted molar refractivity (Wildman–Crippen MR) is 81.2 cm³/mol. The molecule has 0 aromatic heterocycles. The van der Waals surface area contributed by atoms with Crippen LogP contribution in [0.15, 0.2) is 12.2 Å². The van der Waals surface area contributed by atoms with Crippen molar-refractivity contribution in [3.63, 3.8) is 0 Å². The molecule has 2 rings (SSSR count). The molecule has 2 unspecified atom stereocenters. The molecule has 0 amide bonds. The molecule has 1 nitrogen and oxygen atoms in total. The maximum atomic E-state index is 6.51. The molecule has 0 heterocycles. The lowest BCUT2D eigenvalue weighted by Crippen LogP contribution is -2.42. The molecule has 0 bridgehead atoms. The second-order valence-corrected chi connectivity index (χ2v) is 13.2. The van der Waals surface area contributed by atoms with Gasteiger partial charge in [0.1, 0.15) is 0 Å². The van der Waals surface area contributed by atoms with E-state index in [0.29, 0.717) is 15.9 Å². The fourth-order valence-electron chi connectivity index (χ4n) is 3.72. The third-order valence-electron chi connectivity index (χ3n) is 6.37. The standard InChI is InChI=1S/C16H30OSi/c1-12-9-10-13-15(5,6)16(12,13)11-17-18(7,8)14(2,3)4/h13H,1,9-11H2,2-8H3. The first-order valence-electron chi connectivity index (χ1n) is 7.29. The summed E-state index contributed by atoms with van der Waals surface area (Å²) in [4.78, 5) is 0. The first-order chi connectivity index (χ1) is 7.97.